The Labute approximate surface area is 107 Å². The van der Waals surface area contributed by atoms with Crippen molar-refractivity contribution in [1.82, 2.24) is 0 Å². The molecule has 0 aliphatic heterocycles. The quantitative estimate of drug-likeness (QED) is 0.699. The molecule has 0 aromatic carbocycles. The fourth-order valence-corrected chi connectivity index (χ4v) is 7.18. The second-order valence-electron chi connectivity index (χ2n) is 6.14. The van der Waals surface area contributed by atoms with Crippen molar-refractivity contribution in [2.45, 2.75) is 51.5 Å². The highest BCUT2D eigenvalue weighted by atomic mass is 28.3. The van der Waals surface area contributed by atoms with Crippen LogP contribution in [0.2, 0.25) is 5.54 Å². The van der Waals surface area contributed by atoms with Crippen LogP contribution in [0.1, 0.15) is 46.0 Å². The van der Waals surface area contributed by atoms with E-state index in [-0.39, 0.29) is 0 Å². The normalized spacial score (nSPS) is 43.6. The lowest BCUT2D eigenvalue weighted by atomic mass is 9.56. The van der Waals surface area contributed by atoms with Crippen molar-refractivity contribution < 1.29 is 8.85 Å². The minimum absolute atomic E-state index is 0.799. The van der Waals surface area contributed by atoms with Gasteiger partial charge in [0.2, 0.25) is 0 Å². The van der Waals surface area contributed by atoms with Crippen LogP contribution in [0.15, 0.2) is 0 Å². The molecule has 4 aliphatic rings. The van der Waals surface area contributed by atoms with Gasteiger partial charge >= 0.3 is 9.28 Å². The summed E-state index contributed by atoms with van der Waals surface area (Å²) >= 11 is 0. The van der Waals surface area contributed by atoms with E-state index in [1.54, 1.807) is 0 Å². The number of hydrogen-bond acceptors (Lipinski definition) is 2. The highest BCUT2D eigenvalue weighted by Crippen LogP contribution is 2.59. The third kappa shape index (κ3) is 2.22. The Balaban J connectivity index is 1.73. The summed E-state index contributed by atoms with van der Waals surface area (Å²) in [5, 5.41) is 0. The van der Waals surface area contributed by atoms with Crippen molar-refractivity contribution in [1.29, 1.82) is 0 Å². The largest absolute Gasteiger partial charge is 0.393 e. The first-order valence-corrected chi connectivity index (χ1v) is 8.83. The van der Waals surface area contributed by atoms with Crippen molar-refractivity contribution in [3.05, 3.63) is 0 Å². The molecule has 2 nitrogen and oxygen atoms in total. The first-order chi connectivity index (χ1) is 8.31. The topological polar surface area (TPSA) is 18.5 Å². The van der Waals surface area contributed by atoms with Crippen LogP contribution in [0.3, 0.4) is 0 Å². The first kappa shape index (κ1) is 12.2. The Kier molecular flexibility index (Phi) is 3.60. The van der Waals surface area contributed by atoms with Crippen LogP contribution in [0.5, 0.6) is 0 Å². The van der Waals surface area contributed by atoms with Gasteiger partial charge in [-0.3, -0.25) is 0 Å². The summed E-state index contributed by atoms with van der Waals surface area (Å²) in [7, 11) is -1.01. The zero-order valence-electron chi connectivity index (χ0n) is 11.2. The third-order valence-corrected chi connectivity index (χ3v) is 7.71. The van der Waals surface area contributed by atoms with E-state index in [0.717, 1.165) is 42.4 Å². The Bertz CT molecular complexity index is 235. The molecule has 4 aliphatic carbocycles. The summed E-state index contributed by atoms with van der Waals surface area (Å²) < 4.78 is 12.0. The molecular weight excluding hydrogens is 228 g/mol. The van der Waals surface area contributed by atoms with E-state index in [1.165, 1.54) is 32.1 Å². The average molecular weight is 253 g/mol. The van der Waals surface area contributed by atoms with Crippen LogP contribution in [0, 0.1) is 23.7 Å². The lowest BCUT2D eigenvalue weighted by Gasteiger charge is -2.55. The molecule has 0 aromatic rings. The number of rotatable bonds is 5. The predicted octanol–water partition coefficient (Wildman–Crippen LogP) is 3.37. The Morgan fingerprint density at radius 3 is 1.71 bits per heavy atom. The summed E-state index contributed by atoms with van der Waals surface area (Å²) in [5.41, 5.74) is 0.799. The molecule has 0 N–H and O–H groups in total. The monoisotopic (exact) mass is 253 g/mol. The average Bonchev–Trinajstić information content (AvgIpc) is 2.28. The number of hydrogen-bond donors (Lipinski definition) is 0. The molecule has 4 rings (SSSR count). The van der Waals surface area contributed by atoms with Crippen molar-refractivity contribution >= 4 is 9.28 Å². The molecule has 0 saturated heterocycles. The molecule has 4 fully saturated rings. The Morgan fingerprint density at radius 2 is 1.29 bits per heavy atom. The summed E-state index contributed by atoms with van der Waals surface area (Å²) in [6.07, 6.45) is 7.45. The van der Waals surface area contributed by atoms with Gasteiger partial charge in [0.15, 0.2) is 0 Å². The van der Waals surface area contributed by atoms with Gasteiger partial charge in [-0.15, -0.1) is 0 Å². The van der Waals surface area contributed by atoms with Gasteiger partial charge in [0.25, 0.3) is 0 Å². The van der Waals surface area contributed by atoms with E-state index in [2.05, 4.69) is 13.8 Å². The SMILES string of the molecule is CCO[Si](OCC)C1C2CC3CC(C2)CC1C3. The van der Waals surface area contributed by atoms with Gasteiger partial charge in [-0.1, -0.05) is 0 Å². The lowest BCUT2D eigenvalue weighted by Crippen LogP contribution is -2.49. The molecule has 4 saturated carbocycles. The molecule has 97 valence electrons. The predicted molar refractivity (Wildman–Crippen MR) is 69.8 cm³/mol. The zero-order valence-corrected chi connectivity index (χ0v) is 12.2. The Hall–Kier alpha value is 0.137. The van der Waals surface area contributed by atoms with E-state index in [0.29, 0.717) is 0 Å². The van der Waals surface area contributed by atoms with Crippen LogP contribution < -0.4 is 0 Å². The van der Waals surface area contributed by atoms with Crippen molar-refractivity contribution in [3.8, 4) is 0 Å². The second-order valence-corrected chi connectivity index (χ2v) is 8.02. The fraction of sp³-hybridized carbons (Fsp3) is 1.00. The molecule has 0 aromatic heterocycles. The summed E-state index contributed by atoms with van der Waals surface area (Å²) in [6.45, 7) is 5.88. The van der Waals surface area contributed by atoms with Crippen molar-refractivity contribution in [3.63, 3.8) is 0 Å². The standard InChI is InChI=1S/C14H25O2Si/c1-3-15-17(16-4-2)14-12-6-10-5-11(8-12)9-13(14)7-10/h10-14H,3-9H2,1-2H3. The zero-order chi connectivity index (χ0) is 11.8. The van der Waals surface area contributed by atoms with Gasteiger partial charge in [0, 0.05) is 18.8 Å². The maximum absolute atomic E-state index is 5.99. The van der Waals surface area contributed by atoms with E-state index in [1.807, 2.05) is 0 Å². The minimum Gasteiger partial charge on any atom is -0.393 e. The highest BCUT2D eigenvalue weighted by Gasteiger charge is 2.52. The van der Waals surface area contributed by atoms with E-state index in [4.69, 9.17) is 8.85 Å². The van der Waals surface area contributed by atoms with Crippen LogP contribution in [0.25, 0.3) is 0 Å². The molecule has 0 unspecified atom stereocenters. The van der Waals surface area contributed by atoms with Crippen LogP contribution in [0.4, 0.5) is 0 Å². The van der Waals surface area contributed by atoms with E-state index in [9.17, 15) is 0 Å². The fourth-order valence-electron chi connectivity index (χ4n) is 4.83. The van der Waals surface area contributed by atoms with Gasteiger partial charge in [-0.25, -0.2) is 0 Å². The van der Waals surface area contributed by atoms with Crippen LogP contribution >= 0.6 is 0 Å². The van der Waals surface area contributed by atoms with Gasteiger partial charge < -0.3 is 8.85 Å². The van der Waals surface area contributed by atoms with Crippen molar-refractivity contribution in [2.75, 3.05) is 13.2 Å². The Morgan fingerprint density at radius 1 is 0.824 bits per heavy atom. The summed E-state index contributed by atoms with van der Waals surface area (Å²) in [6, 6.07) is 0. The van der Waals surface area contributed by atoms with Crippen molar-refractivity contribution in [2.24, 2.45) is 23.7 Å². The molecule has 4 bridgehead atoms. The molecule has 3 heteroatoms. The molecule has 0 amide bonds. The maximum atomic E-state index is 5.99. The smallest absolute Gasteiger partial charge is 0.388 e. The molecule has 0 spiro atoms. The molecular formula is C14H25O2Si. The van der Waals surface area contributed by atoms with E-state index >= 15 is 0 Å². The summed E-state index contributed by atoms with van der Waals surface area (Å²) in [4.78, 5) is 0. The van der Waals surface area contributed by atoms with E-state index < -0.39 is 9.28 Å². The lowest BCUT2D eigenvalue weighted by molar-refractivity contribution is 0.00390. The minimum atomic E-state index is -1.01. The maximum Gasteiger partial charge on any atom is 0.388 e. The molecule has 17 heavy (non-hydrogen) atoms. The summed E-state index contributed by atoms with van der Waals surface area (Å²) in [5.74, 6) is 4.00. The molecule has 0 atom stereocenters. The van der Waals surface area contributed by atoms with Crippen LogP contribution in [-0.4, -0.2) is 22.5 Å². The van der Waals surface area contributed by atoms with Gasteiger partial charge in [0.1, 0.15) is 0 Å². The van der Waals surface area contributed by atoms with Crippen LogP contribution in [-0.2, 0) is 8.85 Å². The molecule has 1 radical (unpaired) electrons. The second kappa shape index (κ2) is 5.02. The highest BCUT2D eigenvalue weighted by molar-refractivity contribution is 6.46. The third-order valence-electron chi connectivity index (χ3n) is 5.07. The van der Waals surface area contributed by atoms with Gasteiger partial charge in [-0.05, 0) is 69.6 Å². The molecule has 0 heterocycles. The van der Waals surface area contributed by atoms with Gasteiger partial charge in [-0.2, -0.15) is 0 Å². The van der Waals surface area contributed by atoms with Gasteiger partial charge in [0.05, 0.1) is 0 Å². The first-order valence-electron chi connectivity index (χ1n) is 7.44.